The maximum Gasteiger partial charge on any atom is 0.339 e. The topological polar surface area (TPSA) is 96.0 Å². The van der Waals surface area contributed by atoms with Gasteiger partial charge in [-0.25, -0.2) is 14.2 Å². The number of anilines is 1. The normalized spacial score (nSPS) is 10.6. The molecule has 8 nitrogen and oxygen atoms in total. The lowest BCUT2D eigenvalue weighted by atomic mass is 10.0. The van der Waals surface area contributed by atoms with Crippen molar-refractivity contribution < 1.29 is 32.9 Å². The number of ether oxygens (including phenoxy) is 4. The molecule has 4 aromatic rings. The van der Waals surface area contributed by atoms with Crippen LogP contribution in [0.1, 0.15) is 10.4 Å². The Morgan fingerprint density at radius 2 is 1.65 bits per heavy atom. The van der Waals surface area contributed by atoms with Crippen molar-refractivity contribution in [1.82, 2.24) is 4.98 Å². The zero-order valence-electron chi connectivity index (χ0n) is 20.1. The van der Waals surface area contributed by atoms with Gasteiger partial charge in [-0.1, -0.05) is 34.1 Å². The van der Waals surface area contributed by atoms with E-state index >= 15 is 0 Å². The minimum Gasteiger partial charge on any atom is -0.493 e. The first-order valence-electron chi connectivity index (χ1n) is 11.0. The third kappa shape index (κ3) is 5.64. The summed E-state index contributed by atoms with van der Waals surface area (Å²) in [5.74, 6) is -0.774. The number of nitrogens with one attached hydrogen (secondary N) is 1. The number of aromatic nitrogens is 1. The van der Waals surface area contributed by atoms with E-state index in [1.807, 2.05) is 0 Å². The van der Waals surface area contributed by atoms with Crippen molar-refractivity contribution in [3.05, 3.63) is 76.5 Å². The fourth-order valence-corrected chi connectivity index (χ4v) is 4.04. The summed E-state index contributed by atoms with van der Waals surface area (Å²) < 4.78 is 36.1. The van der Waals surface area contributed by atoms with Gasteiger partial charge in [0.2, 0.25) is 5.75 Å². The summed E-state index contributed by atoms with van der Waals surface area (Å²) in [4.78, 5) is 30.1. The predicted octanol–water partition coefficient (Wildman–Crippen LogP) is 5.62. The number of pyridine rings is 1. The highest BCUT2D eigenvalue weighted by atomic mass is 79.9. The van der Waals surface area contributed by atoms with E-state index in [1.54, 1.807) is 48.5 Å². The molecule has 1 heterocycles. The number of amides is 1. The first-order valence-corrected chi connectivity index (χ1v) is 11.8. The molecule has 37 heavy (non-hydrogen) atoms. The number of hydrogen-bond acceptors (Lipinski definition) is 7. The smallest absolute Gasteiger partial charge is 0.339 e. The molecule has 1 N–H and O–H groups in total. The van der Waals surface area contributed by atoms with Gasteiger partial charge in [0.15, 0.2) is 18.1 Å². The summed E-state index contributed by atoms with van der Waals surface area (Å²) in [6.45, 7) is -0.607. The largest absolute Gasteiger partial charge is 0.493 e. The molecule has 0 saturated heterocycles. The molecule has 190 valence electrons. The number of carbonyl (C=O) groups is 2. The molecule has 0 unspecified atom stereocenters. The minimum atomic E-state index is -0.737. The van der Waals surface area contributed by atoms with Crippen LogP contribution in [0.5, 0.6) is 17.2 Å². The standard InChI is InChI=1S/C27H22BrFN2O6/c1-34-23-10-15(11-24(35-2)26(23)36-3)22-13-18(17-6-4-5-7-20(17)30-22)27(33)37-14-25(32)31-21-9-8-16(28)12-19(21)29/h4-13H,14H2,1-3H3,(H,31,32). The van der Waals surface area contributed by atoms with E-state index in [0.29, 0.717) is 43.9 Å². The Kier molecular flexibility index (Phi) is 7.88. The summed E-state index contributed by atoms with van der Waals surface area (Å²) in [5, 5.41) is 2.94. The molecule has 0 spiro atoms. The first-order chi connectivity index (χ1) is 17.8. The Hall–Kier alpha value is -4.18. The quantitative estimate of drug-likeness (QED) is 0.275. The zero-order valence-corrected chi connectivity index (χ0v) is 21.7. The third-order valence-corrected chi connectivity index (χ3v) is 5.93. The molecule has 4 rings (SSSR count). The molecular formula is C27H22BrFN2O6. The van der Waals surface area contributed by atoms with E-state index in [9.17, 15) is 14.0 Å². The fraction of sp³-hybridized carbons (Fsp3) is 0.148. The monoisotopic (exact) mass is 568 g/mol. The number of nitrogens with zero attached hydrogens (tertiary/aromatic N) is 1. The molecule has 3 aromatic carbocycles. The second-order valence-electron chi connectivity index (χ2n) is 7.73. The molecule has 0 aliphatic carbocycles. The van der Waals surface area contributed by atoms with E-state index in [0.717, 1.165) is 0 Å². The molecule has 0 aliphatic heterocycles. The van der Waals surface area contributed by atoms with Crippen LogP contribution < -0.4 is 19.5 Å². The highest BCUT2D eigenvalue weighted by Gasteiger charge is 2.20. The van der Waals surface area contributed by atoms with Crippen molar-refractivity contribution in [2.75, 3.05) is 33.3 Å². The lowest BCUT2D eigenvalue weighted by Gasteiger charge is -2.15. The Balaban J connectivity index is 1.64. The van der Waals surface area contributed by atoms with E-state index in [1.165, 1.54) is 33.5 Å². The van der Waals surface area contributed by atoms with Gasteiger partial charge in [0.1, 0.15) is 5.82 Å². The lowest BCUT2D eigenvalue weighted by molar-refractivity contribution is -0.119. The number of benzene rings is 3. The second-order valence-corrected chi connectivity index (χ2v) is 8.65. The van der Waals surface area contributed by atoms with Gasteiger partial charge in [0.25, 0.3) is 5.91 Å². The molecular weight excluding hydrogens is 547 g/mol. The number of fused-ring (bicyclic) bond motifs is 1. The van der Waals surface area contributed by atoms with Crippen LogP contribution >= 0.6 is 15.9 Å². The van der Waals surface area contributed by atoms with Crippen LogP contribution in [-0.4, -0.2) is 44.8 Å². The highest BCUT2D eigenvalue weighted by Crippen LogP contribution is 2.41. The van der Waals surface area contributed by atoms with Gasteiger partial charge in [-0.05, 0) is 42.5 Å². The van der Waals surface area contributed by atoms with Crippen LogP contribution in [-0.2, 0) is 9.53 Å². The van der Waals surface area contributed by atoms with E-state index < -0.39 is 24.3 Å². The number of methoxy groups -OCH3 is 3. The summed E-state index contributed by atoms with van der Waals surface area (Å²) in [6, 6.07) is 16.3. The summed E-state index contributed by atoms with van der Waals surface area (Å²) in [6.07, 6.45) is 0. The maximum absolute atomic E-state index is 14.0. The molecule has 10 heteroatoms. The lowest BCUT2D eigenvalue weighted by Crippen LogP contribution is -2.21. The van der Waals surface area contributed by atoms with Gasteiger partial charge in [0, 0.05) is 15.4 Å². The average molecular weight is 569 g/mol. The van der Waals surface area contributed by atoms with Crippen molar-refractivity contribution in [2.45, 2.75) is 0 Å². The van der Waals surface area contributed by atoms with Crippen LogP contribution in [0.3, 0.4) is 0 Å². The number of carbonyl (C=O) groups excluding carboxylic acids is 2. The van der Waals surface area contributed by atoms with E-state index in [4.69, 9.17) is 18.9 Å². The Bertz CT molecular complexity index is 1470. The minimum absolute atomic E-state index is 0.0247. The first kappa shape index (κ1) is 25.9. The van der Waals surface area contributed by atoms with Gasteiger partial charge >= 0.3 is 5.97 Å². The molecule has 0 aliphatic rings. The van der Waals surface area contributed by atoms with E-state index in [2.05, 4.69) is 26.2 Å². The van der Waals surface area contributed by atoms with Crippen LogP contribution in [0.4, 0.5) is 10.1 Å². The summed E-state index contributed by atoms with van der Waals surface area (Å²) >= 11 is 3.16. The Morgan fingerprint density at radius 3 is 2.30 bits per heavy atom. The number of halogens is 2. The van der Waals surface area contributed by atoms with E-state index in [-0.39, 0.29) is 11.3 Å². The maximum atomic E-state index is 14.0. The Morgan fingerprint density at radius 1 is 0.946 bits per heavy atom. The average Bonchev–Trinajstić information content (AvgIpc) is 2.91. The molecule has 0 atom stereocenters. The zero-order chi connectivity index (χ0) is 26.5. The van der Waals surface area contributed by atoms with Crippen molar-refractivity contribution in [1.29, 1.82) is 0 Å². The van der Waals surface area contributed by atoms with Crippen LogP contribution in [0, 0.1) is 5.82 Å². The van der Waals surface area contributed by atoms with Crippen LogP contribution in [0.2, 0.25) is 0 Å². The van der Waals surface area contributed by atoms with Gasteiger partial charge in [-0.3, -0.25) is 4.79 Å². The number of hydrogen-bond donors (Lipinski definition) is 1. The number of rotatable bonds is 8. The summed E-state index contributed by atoms with van der Waals surface area (Å²) in [7, 11) is 4.51. The second kappa shape index (κ2) is 11.3. The van der Waals surface area contributed by atoms with Crippen molar-refractivity contribution in [2.24, 2.45) is 0 Å². The third-order valence-electron chi connectivity index (χ3n) is 5.44. The number of esters is 1. The molecule has 0 bridgehead atoms. The van der Waals surface area contributed by atoms with Gasteiger partial charge < -0.3 is 24.3 Å². The fourth-order valence-electron chi connectivity index (χ4n) is 3.71. The molecule has 1 amide bonds. The van der Waals surface area contributed by atoms with Crippen molar-refractivity contribution in [3.63, 3.8) is 0 Å². The van der Waals surface area contributed by atoms with Gasteiger partial charge in [-0.15, -0.1) is 0 Å². The van der Waals surface area contributed by atoms with Crippen molar-refractivity contribution in [3.8, 4) is 28.5 Å². The Labute approximate surface area is 220 Å². The number of para-hydroxylation sites is 1. The molecule has 0 saturated carbocycles. The molecule has 1 aromatic heterocycles. The highest BCUT2D eigenvalue weighted by molar-refractivity contribution is 9.10. The predicted molar refractivity (Wildman–Crippen MR) is 140 cm³/mol. The summed E-state index contributed by atoms with van der Waals surface area (Å²) in [5.41, 5.74) is 1.78. The molecule has 0 radical (unpaired) electrons. The molecule has 0 fully saturated rings. The van der Waals surface area contributed by atoms with Crippen molar-refractivity contribution >= 4 is 44.4 Å². The SMILES string of the molecule is COc1cc(-c2cc(C(=O)OCC(=O)Nc3ccc(Br)cc3F)c3ccccc3n2)cc(OC)c1OC. The van der Waals surface area contributed by atoms with Crippen LogP contribution in [0.25, 0.3) is 22.2 Å². The van der Waals surface area contributed by atoms with Gasteiger partial charge in [-0.2, -0.15) is 0 Å². The van der Waals surface area contributed by atoms with Crippen LogP contribution in [0.15, 0.2) is 65.1 Å². The van der Waals surface area contributed by atoms with Gasteiger partial charge in [0.05, 0.1) is 43.8 Å².